The molecular formula is C17H15NO4. The average molecular weight is 297 g/mol. The second-order valence-electron chi connectivity index (χ2n) is 5.02. The van der Waals surface area contributed by atoms with E-state index in [1.165, 1.54) is 7.11 Å². The van der Waals surface area contributed by atoms with E-state index in [1.807, 2.05) is 0 Å². The third-order valence-corrected chi connectivity index (χ3v) is 3.73. The molecule has 22 heavy (non-hydrogen) atoms. The molecule has 5 heteroatoms. The Bertz CT molecular complexity index is 706. The summed E-state index contributed by atoms with van der Waals surface area (Å²) in [5, 5.41) is 10.4. The zero-order valence-electron chi connectivity index (χ0n) is 12.0. The Morgan fingerprint density at radius 1 is 1.00 bits per heavy atom. The van der Waals surface area contributed by atoms with Crippen molar-refractivity contribution in [3.05, 3.63) is 65.2 Å². The number of para-hydroxylation sites is 1. The summed E-state index contributed by atoms with van der Waals surface area (Å²) in [6.45, 7) is -0.104. The Balaban J connectivity index is 1.85. The zero-order valence-corrected chi connectivity index (χ0v) is 12.0. The van der Waals surface area contributed by atoms with Crippen molar-refractivity contribution in [2.75, 3.05) is 13.7 Å². The molecule has 5 nitrogen and oxygen atoms in total. The second kappa shape index (κ2) is 5.61. The SMILES string of the molecule is COc1ccccc1C(O)CN1C(=O)c2ccccc2C1=O. The number of carbonyl (C=O) groups excluding carboxylic acids is 2. The fourth-order valence-electron chi connectivity index (χ4n) is 2.62. The largest absolute Gasteiger partial charge is 0.496 e. The van der Waals surface area contributed by atoms with Gasteiger partial charge in [0.1, 0.15) is 11.9 Å². The molecular weight excluding hydrogens is 282 g/mol. The van der Waals surface area contributed by atoms with Gasteiger partial charge in [0.25, 0.3) is 11.8 Å². The van der Waals surface area contributed by atoms with Crippen molar-refractivity contribution in [1.29, 1.82) is 0 Å². The van der Waals surface area contributed by atoms with Gasteiger partial charge in [-0.1, -0.05) is 30.3 Å². The number of aliphatic hydroxyl groups excluding tert-OH is 1. The molecule has 1 atom stereocenters. The summed E-state index contributed by atoms with van der Waals surface area (Å²) in [6.07, 6.45) is -1.00. The van der Waals surface area contributed by atoms with Crippen LogP contribution in [0.2, 0.25) is 0 Å². The van der Waals surface area contributed by atoms with Crippen molar-refractivity contribution in [3.63, 3.8) is 0 Å². The molecule has 3 rings (SSSR count). The maximum absolute atomic E-state index is 12.3. The number of methoxy groups -OCH3 is 1. The first kappa shape index (κ1) is 14.3. The fourth-order valence-corrected chi connectivity index (χ4v) is 2.62. The van der Waals surface area contributed by atoms with Crippen molar-refractivity contribution >= 4 is 11.8 Å². The molecule has 0 saturated carbocycles. The zero-order chi connectivity index (χ0) is 15.7. The molecule has 2 aromatic rings. The number of aliphatic hydroxyl groups is 1. The van der Waals surface area contributed by atoms with Crippen molar-refractivity contribution in [2.24, 2.45) is 0 Å². The number of imide groups is 1. The number of ether oxygens (including phenoxy) is 1. The Hall–Kier alpha value is -2.66. The lowest BCUT2D eigenvalue weighted by atomic mass is 10.1. The summed E-state index contributed by atoms with van der Waals surface area (Å²) < 4.78 is 5.20. The predicted octanol–water partition coefficient (Wildman–Crippen LogP) is 2.02. The molecule has 2 amide bonds. The number of hydrogen-bond acceptors (Lipinski definition) is 4. The lowest BCUT2D eigenvalue weighted by Crippen LogP contribution is -2.34. The van der Waals surface area contributed by atoms with Crippen LogP contribution in [0.15, 0.2) is 48.5 Å². The molecule has 1 unspecified atom stereocenters. The fraction of sp³-hybridized carbons (Fsp3) is 0.176. The van der Waals surface area contributed by atoms with Gasteiger partial charge in [0.15, 0.2) is 0 Å². The Labute approximate surface area is 127 Å². The molecule has 1 N–H and O–H groups in total. The number of fused-ring (bicyclic) bond motifs is 1. The Morgan fingerprint density at radius 3 is 2.14 bits per heavy atom. The van der Waals surface area contributed by atoms with Crippen molar-refractivity contribution in [1.82, 2.24) is 4.90 Å². The van der Waals surface area contributed by atoms with E-state index in [-0.39, 0.29) is 18.4 Å². The van der Waals surface area contributed by atoms with E-state index in [1.54, 1.807) is 48.5 Å². The Kier molecular flexibility index (Phi) is 3.65. The van der Waals surface area contributed by atoms with Crippen molar-refractivity contribution < 1.29 is 19.4 Å². The number of benzene rings is 2. The summed E-state index contributed by atoms with van der Waals surface area (Å²) in [5.74, 6) is -0.240. The molecule has 0 saturated heterocycles. The summed E-state index contributed by atoms with van der Waals surface area (Å²) in [5.41, 5.74) is 1.29. The van der Waals surface area contributed by atoms with Crippen molar-refractivity contribution in [2.45, 2.75) is 6.10 Å². The number of nitrogens with zero attached hydrogens (tertiary/aromatic N) is 1. The van der Waals surface area contributed by atoms with Gasteiger partial charge in [0.2, 0.25) is 0 Å². The van der Waals surface area contributed by atoms with Crippen LogP contribution in [0.5, 0.6) is 5.75 Å². The van der Waals surface area contributed by atoms with Gasteiger partial charge in [0, 0.05) is 5.56 Å². The van der Waals surface area contributed by atoms with Crippen LogP contribution in [-0.4, -0.2) is 35.5 Å². The lowest BCUT2D eigenvalue weighted by Gasteiger charge is -2.20. The van der Waals surface area contributed by atoms with E-state index in [4.69, 9.17) is 4.74 Å². The van der Waals surface area contributed by atoms with E-state index in [2.05, 4.69) is 0 Å². The number of hydrogen-bond donors (Lipinski definition) is 1. The van der Waals surface area contributed by atoms with Crippen LogP contribution in [0, 0.1) is 0 Å². The summed E-state index contributed by atoms with van der Waals surface area (Å²) in [7, 11) is 1.51. The molecule has 0 radical (unpaired) electrons. The maximum Gasteiger partial charge on any atom is 0.261 e. The van der Waals surface area contributed by atoms with Crippen LogP contribution in [0.3, 0.4) is 0 Å². The van der Waals surface area contributed by atoms with Crippen LogP contribution in [0.1, 0.15) is 32.4 Å². The molecule has 0 aliphatic carbocycles. The first-order valence-corrected chi connectivity index (χ1v) is 6.89. The standard InChI is InChI=1S/C17H15NO4/c1-22-15-9-5-4-8-13(15)14(19)10-18-16(20)11-6-2-3-7-12(11)17(18)21/h2-9,14,19H,10H2,1H3. The summed E-state index contributed by atoms with van der Waals surface area (Å²) >= 11 is 0. The lowest BCUT2D eigenvalue weighted by molar-refractivity contribution is 0.0540. The second-order valence-corrected chi connectivity index (χ2v) is 5.02. The molecule has 0 aromatic heterocycles. The van der Waals surface area contributed by atoms with Crippen LogP contribution >= 0.6 is 0 Å². The van der Waals surface area contributed by atoms with E-state index in [0.717, 1.165) is 4.90 Å². The molecule has 2 aromatic carbocycles. The topological polar surface area (TPSA) is 66.8 Å². The first-order valence-electron chi connectivity index (χ1n) is 6.89. The molecule has 1 aliphatic heterocycles. The summed E-state index contributed by atoms with van der Waals surface area (Å²) in [6, 6.07) is 13.6. The first-order chi connectivity index (χ1) is 10.6. The van der Waals surface area contributed by atoms with Gasteiger partial charge in [-0.2, -0.15) is 0 Å². The van der Waals surface area contributed by atoms with Gasteiger partial charge in [-0.3, -0.25) is 14.5 Å². The maximum atomic E-state index is 12.3. The number of β-amino-alcohol motifs (C(OH)–C–C–N with tert-alkyl or cyclic N) is 1. The van der Waals surface area contributed by atoms with Gasteiger partial charge in [-0.25, -0.2) is 0 Å². The number of carbonyl (C=O) groups is 2. The molecule has 1 heterocycles. The van der Waals surface area contributed by atoms with Crippen LogP contribution in [0.4, 0.5) is 0 Å². The number of rotatable bonds is 4. The quantitative estimate of drug-likeness (QED) is 0.877. The van der Waals surface area contributed by atoms with E-state index in [0.29, 0.717) is 22.4 Å². The highest BCUT2D eigenvalue weighted by molar-refractivity contribution is 6.21. The van der Waals surface area contributed by atoms with Gasteiger partial charge >= 0.3 is 0 Å². The molecule has 0 fully saturated rings. The minimum Gasteiger partial charge on any atom is -0.496 e. The third kappa shape index (κ3) is 2.25. The van der Waals surface area contributed by atoms with Gasteiger partial charge < -0.3 is 9.84 Å². The minimum atomic E-state index is -1.00. The number of amides is 2. The van der Waals surface area contributed by atoms with Gasteiger partial charge in [-0.05, 0) is 18.2 Å². The Morgan fingerprint density at radius 2 is 1.55 bits per heavy atom. The molecule has 1 aliphatic rings. The molecule has 0 spiro atoms. The van der Waals surface area contributed by atoms with Gasteiger partial charge in [-0.15, -0.1) is 0 Å². The highest BCUT2D eigenvalue weighted by Gasteiger charge is 2.36. The highest BCUT2D eigenvalue weighted by Crippen LogP contribution is 2.28. The third-order valence-electron chi connectivity index (χ3n) is 3.73. The molecule has 0 bridgehead atoms. The predicted molar refractivity (Wildman–Crippen MR) is 79.8 cm³/mol. The monoisotopic (exact) mass is 297 g/mol. The van der Waals surface area contributed by atoms with E-state index < -0.39 is 6.10 Å². The van der Waals surface area contributed by atoms with E-state index >= 15 is 0 Å². The molecule has 112 valence electrons. The highest BCUT2D eigenvalue weighted by atomic mass is 16.5. The smallest absolute Gasteiger partial charge is 0.261 e. The van der Waals surface area contributed by atoms with Crippen LogP contribution < -0.4 is 4.74 Å². The average Bonchev–Trinajstić information content (AvgIpc) is 2.80. The van der Waals surface area contributed by atoms with Crippen molar-refractivity contribution in [3.8, 4) is 5.75 Å². The van der Waals surface area contributed by atoms with Gasteiger partial charge in [0.05, 0.1) is 24.8 Å². The van der Waals surface area contributed by atoms with E-state index in [9.17, 15) is 14.7 Å². The van der Waals surface area contributed by atoms with Crippen LogP contribution in [-0.2, 0) is 0 Å². The minimum absolute atomic E-state index is 0.104. The van der Waals surface area contributed by atoms with Crippen LogP contribution in [0.25, 0.3) is 0 Å². The normalized spacial score (nSPS) is 14.9. The summed E-state index contributed by atoms with van der Waals surface area (Å²) in [4.78, 5) is 25.7.